The van der Waals surface area contributed by atoms with Crippen LogP contribution in [-0.2, 0) is 9.53 Å². The first-order chi connectivity index (χ1) is 8.26. The van der Waals surface area contributed by atoms with Gasteiger partial charge in [-0.1, -0.05) is 6.08 Å². The van der Waals surface area contributed by atoms with E-state index in [2.05, 4.69) is 6.58 Å². The van der Waals surface area contributed by atoms with Gasteiger partial charge >= 0.3 is 0 Å². The Bertz CT molecular complexity index is 453. The second-order valence-corrected chi connectivity index (χ2v) is 5.42. The van der Waals surface area contributed by atoms with Crippen LogP contribution in [0.1, 0.15) is 26.7 Å². The van der Waals surface area contributed by atoms with Crippen molar-refractivity contribution in [1.82, 2.24) is 0 Å². The van der Waals surface area contributed by atoms with Crippen LogP contribution in [0.2, 0.25) is 0 Å². The molecule has 0 amide bonds. The fourth-order valence-electron chi connectivity index (χ4n) is 2.25. The number of ether oxygens (including phenoxy) is 1. The van der Waals surface area contributed by atoms with E-state index in [0.29, 0.717) is 12.0 Å². The molecule has 2 aliphatic rings. The highest BCUT2D eigenvalue weighted by Gasteiger charge is 2.49. The fourth-order valence-corrected chi connectivity index (χ4v) is 2.25. The number of carbonyl (C=O) groups is 1. The average molecular weight is 250 g/mol. The van der Waals surface area contributed by atoms with Crippen LogP contribution >= 0.6 is 0 Å². The Morgan fingerprint density at radius 1 is 1.67 bits per heavy atom. The van der Waals surface area contributed by atoms with E-state index >= 15 is 0 Å². The molecule has 4 nitrogen and oxygen atoms in total. The monoisotopic (exact) mass is 250 g/mol. The first kappa shape index (κ1) is 13.1. The largest absolute Gasteiger partial charge is 0.488 e. The highest BCUT2D eigenvalue weighted by atomic mass is 16.5. The lowest BCUT2D eigenvalue weighted by Gasteiger charge is -2.24. The van der Waals surface area contributed by atoms with Gasteiger partial charge in [-0.2, -0.15) is 0 Å². The quantitative estimate of drug-likeness (QED) is 0.740. The van der Waals surface area contributed by atoms with Gasteiger partial charge in [0.1, 0.15) is 17.5 Å². The number of carbonyl (C=O) groups excluding carboxylic acids is 1. The number of hydrogen-bond acceptors (Lipinski definition) is 4. The zero-order valence-corrected chi connectivity index (χ0v) is 10.6. The van der Waals surface area contributed by atoms with Gasteiger partial charge in [0.25, 0.3) is 0 Å². The summed E-state index contributed by atoms with van der Waals surface area (Å²) in [5, 5.41) is 20.4. The van der Waals surface area contributed by atoms with Crippen LogP contribution in [-0.4, -0.2) is 33.3 Å². The van der Waals surface area contributed by atoms with Crippen molar-refractivity contribution < 1.29 is 19.7 Å². The second kappa shape index (κ2) is 4.07. The molecule has 0 bridgehead atoms. The van der Waals surface area contributed by atoms with Gasteiger partial charge in [0.05, 0.1) is 5.60 Å². The Hall–Kier alpha value is -1.39. The summed E-state index contributed by atoms with van der Waals surface area (Å²) in [4.78, 5) is 11.8. The van der Waals surface area contributed by atoms with Crippen LogP contribution in [0.3, 0.4) is 0 Å². The van der Waals surface area contributed by atoms with Crippen molar-refractivity contribution in [2.24, 2.45) is 0 Å². The summed E-state index contributed by atoms with van der Waals surface area (Å²) in [6.07, 6.45) is 4.59. The molecule has 18 heavy (non-hydrogen) atoms. The Kier molecular flexibility index (Phi) is 2.95. The molecule has 1 saturated heterocycles. The summed E-state index contributed by atoms with van der Waals surface area (Å²) >= 11 is 0. The van der Waals surface area contributed by atoms with E-state index in [4.69, 9.17) is 4.74 Å². The Labute approximate surface area is 106 Å². The van der Waals surface area contributed by atoms with E-state index < -0.39 is 17.3 Å². The number of ketones is 1. The molecule has 2 N–H and O–H groups in total. The SMILES string of the molecule is C=CCC1=C[C@]2(O)C[C@H](C(C)(C)O)OC2=CC1=O. The van der Waals surface area contributed by atoms with Gasteiger partial charge in [-0.05, 0) is 26.3 Å². The topological polar surface area (TPSA) is 66.8 Å². The van der Waals surface area contributed by atoms with Crippen LogP contribution in [0.15, 0.2) is 36.1 Å². The van der Waals surface area contributed by atoms with Crippen LogP contribution in [0.4, 0.5) is 0 Å². The standard InChI is InChI=1S/C14H18O4/c1-4-5-9-7-14(17)8-12(13(2,3)16)18-11(14)6-10(9)15/h4,6-7,12,16-17H,1,5,8H2,2-3H3/t12-,14+/m1/s1. The molecule has 2 rings (SSSR count). The molecule has 0 unspecified atom stereocenters. The molecule has 0 aromatic rings. The normalized spacial score (nSPS) is 31.3. The second-order valence-electron chi connectivity index (χ2n) is 5.42. The van der Waals surface area contributed by atoms with Gasteiger partial charge in [-0.3, -0.25) is 4.79 Å². The van der Waals surface area contributed by atoms with Gasteiger partial charge in [0.2, 0.25) is 0 Å². The minimum atomic E-state index is -1.28. The maximum Gasteiger partial charge on any atom is 0.185 e. The van der Waals surface area contributed by atoms with Crippen LogP contribution in [0, 0.1) is 0 Å². The molecule has 98 valence electrons. The van der Waals surface area contributed by atoms with Crippen molar-refractivity contribution in [3.05, 3.63) is 36.1 Å². The third-order valence-electron chi connectivity index (χ3n) is 3.34. The molecule has 0 radical (unpaired) electrons. The molecular weight excluding hydrogens is 232 g/mol. The number of fused-ring (bicyclic) bond motifs is 1. The number of rotatable bonds is 3. The van der Waals surface area contributed by atoms with E-state index in [1.54, 1.807) is 19.9 Å². The van der Waals surface area contributed by atoms with E-state index in [0.717, 1.165) is 0 Å². The van der Waals surface area contributed by atoms with E-state index in [1.165, 1.54) is 12.2 Å². The predicted molar refractivity (Wildman–Crippen MR) is 66.7 cm³/mol. The summed E-state index contributed by atoms with van der Waals surface area (Å²) in [5.41, 5.74) is -1.84. The van der Waals surface area contributed by atoms with E-state index in [9.17, 15) is 15.0 Å². The Balaban J connectivity index is 2.32. The van der Waals surface area contributed by atoms with Crippen molar-refractivity contribution >= 4 is 5.78 Å². The van der Waals surface area contributed by atoms with E-state index in [1.807, 2.05) is 0 Å². The molecule has 0 aromatic carbocycles. The molecule has 0 aromatic heterocycles. The smallest absolute Gasteiger partial charge is 0.185 e. The Morgan fingerprint density at radius 2 is 2.33 bits per heavy atom. The minimum Gasteiger partial charge on any atom is -0.488 e. The third kappa shape index (κ3) is 2.13. The molecule has 1 fully saturated rings. The Morgan fingerprint density at radius 3 is 2.89 bits per heavy atom. The molecular formula is C14H18O4. The maximum atomic E-state index is 11.8. The summed E-state index contributed by atoms with van der Waals surface area (Å²) < 4.78 is 5.50. The fraction of sp³-hybridized carbons (Fsp3) is 0.500. The van der Waals surface area contributed by atoms with Gasteiger partial charge < -0.3 is 14.9 Å². The van der Waals surface area contributed by atoms with Crippen LogP contribution in [0.25, 0.3) is 0 Å². The summed E-state index contributed by atoms with van der Waals surface area (Å²) in [6, 6.07) is 0. The lowest BCUT2D eigenvalue weighted by atomic mass is 9.85. The minimum absolute atomic E-state index is 0.175. The zero-order valence-electron chi connectivity index (χ0n) is 10.6. The molecule has 0 spiro atoms. The molecule has 1 aliphatic carbocycles. The average Bonchev–Trinajstić information content (AvgIpc) is 2.56. The maximum absolute atomic E-state index is 11.8. The molecule has 1 aliphatic heterocycles. The van der Waals surface area contributed by atoms with Gasteiger partial charge in [-0.25, -0.2) is 0 Å². The summed E-state index contributed by atoms with van der Waals surface area (Å²) in [6.45, 7) is 6.83. The lowest BCUT2D eigenvalue weighted by Crippen LogP contribution is -2.37. The zero-order chi connectivity index (χ0) is 13.6. The summed E-state index contributed by atoms with van der Waals surface area (Å²) in [7, 11) is 0. The van der Waals surface area contributed by atoms with Crippen LogP contribution in [0.5, 0.6) is 0 Å². The molecule has 4 heteroatoms. The number of hydrogen-bond donors (Lipinski definition) is 2. The van der Waals surface area contributed by atoms with Crippen LogP contribution < -0.4 is 0 Å². The number of aliphatic hydroxyl groups is 2. The van der Waals surface area contributed by atoms with Gasteiger partial charge in [-0.15, -0.1) is 6.58 Å². The van der Waals surface area contributed by atoms with Crippen molar-refractivity contribution in [3.63, 3.8) is 0 Å². The first-order valence-electron chi connectivity index (χ1n) is 5.97. The van der Waals surface area contributed by atoms with Gasteiger partial charge in [0.15, 0.2) is 5.78 Å². The molecule has 1 heterocycles. The highest BCUT2D eigenvalue weighted by molar-refractivity contribution is 6.06. The number of allylic oxidation sites excluding steroid dienone is 3. The molecule has 0 saturated carbocycles. The van der Waals surface area contributed by atoms with Crippen molar-refractivity contribution in [1.29, 1.82) is 0 Å². The van der Waals surface area contributed by atoms with Crippen molar-refractivity contribution in [3.8, 4) is 0 Å². The summed E-state index contributed by atoms with van der Waals surface area (Å²) in [5.74, 6) is 0.0541. The first-order valence-corrected chi connectivity index (χ1v) is 5.97. The van der Waals surface area contributed by atoms with Gasteiger partial charge in [0, 0.05) is 18.1 Å². The molecule has 2 atom stereocenters. The van der Waals surface area contributed by atoms with Crippen molar-refractivity contribution in [2.75, 3.05) is 0 Å². The van der Waals surface area contributed by atoms with E-state index in [-0.39, 0.29) is 18.0 Å². The lowest BCUT2D eigenvalue weighted by molar-refractivity contribution is -0.112. The third-order valence-corrected chi connectivity index (χ3v) is 3.34. The predicted octanol–water partition coefficient (Wildman–Crippen LogP) is 1.25. The highest BCUT2D eigenvalue weighted by Crippen LogP contribution is 2.42. The van der Waals surface area contributed by atoms with Crippen molar-refractivity contribution in [2.45, 2.75) is 44.0 Å².